The predicted octanol–water partition coefficient (Wildman–Crippen LogP) is 4.29. The molecular formula is C24H26FN3O2. The molecule has 0 radical (unpaired) electrons. The molecule has 0 spiro atoms. The highest BCUT2D eigenvalue weighted by atomic mass is 19.1. The summed E-state index contributed by atoms with van der Waals surface area (Å²) >= 11 is 0. The Hall–Kier alpha value is -3.25. The van der Waals surface area contributed by atoms with E-state index in [1.165, 1.54) is 18.2 Å². The summed E-state index contributed by atoms with van der Waals surface area (Å²) in [7, 11) is 1.73. The molecule has 2 amide bonds. The van der Waals surface area contributed by atoms with Crippen LogP contribution in [-0.2, 0) is 9.59 Å². The lowest BCUT2D eigenvalue weighted by molar-refractivity contribution is -0.124. The minimum Gasteiger partial charge on any atom is -0.325 e. The first-order chi connectivity index (χ1) is 14.4. The summed E-state index contributed by atoms with van der Waals surface area (Å²) in [4.78, 5) is 29.0. The average Bonchev–Trinajstić information content (AvgIpc) is 2.73. The fraction of sp³-hybridized carbons (Fsp3) is 0.250. The van der Waals surface area contributed by atoms with Crippen LogP contribution in [0.2, 0.25) is 0 Å². The van der Waals surface area contributed by atoms with Gasteiger partial charge in [-0.1, -0.05) is 42.5 Å². The molecule has 0 aliphatic rings. The molecule has 6 heteroatoms. The molecule has 3 aromatic carbocycles. The Kier molecular flexibility index (Phi) is 6.79. The number of rotatable bonds is 7. The number of nitrogens with one attached hydrogen (secondary N) is 1. The number of hydrogen-bond donors (Lipinski definition) is 1. The summed E-state index contributed by atoms with van der Waals surface area (Å²) in [6, 6.07) is 19.0. The molecule has 0 saturated carbocycles. The number of hydrogen-bond acceptors (Lipinski definition) is 3. The zero-order valence-electron chi connectivity index (χ0n) is 17.4. The van der Waals surface area contributed by atoms with E-state index in [9.17, 15) is 14.0 Å². The number of carbonyl (C=O) groups excluding carboxylic acids is 2. The van der Waals surface area contributed by atoms with Crippen LogP contribution < -0.4 is 10.2 Å². The summed E-state index contributed by atoms with van der Waals surface area (Å²) in [6.45, 7) is 4.24. The van der Waals surface area contributed by atoms with Crippen LogP contribution in [0.25, 0.3) is 10.8 Å². The smallest absolute Gasteiger partial charge is 0.244 e. The fourth-order valence-corrected chi connectivity index (χ4v) is 3.43. The molecule has 0 bridgehead atoms. The predicted molar refractivity (Wildman–Crippen MR) is 119 cm³/mol. The number of likely N-dealkylation sites (N-methyl/N-ethyl adjacent to an activating group) is 2. The van der Waals surface area contributed by atoms with Crippen molar-refractivity contribution in [2.45, 2.75) is 19.9 Å². The Morgan fingerprint density at radius 2 is 1.73 bits per heavy atom. The van der Waals surface area contributed by atoms with Crippen molar-refractivity contribution in [3.05, 3.63) is 72.5 Å². The lowest BCUT2D eigenvalue weighted by Crippen LogP contribution is -2.48. The molecule has 1 atom stereocenters. The number of fused-ring (bicyclic) bond motifs is 1. The van der Waals surface area contributed by atoms with Crippen LogP contribution in [0, 0.1) is 5.82 Å². The number of anilines is 2. The highest BCUT2D eigenvalue weighted by molar-refractivity contribution is 6.05. The van der Waals surface area contributed by atoms with E-state index in [4.69, 9.17) is 0 Å². The van der Waals surface area contributed by atoms with Gasteiger partial charge in [0.05, 0.1) is 18.3 Å². The van der Waals surface area contributed by atoms with Crippen LogP contribution in [0.1, 0.15) is 13.8 Å². The van der Waals surface area contributed by atoms with E-state index < -0.39 is 11.9 Å². The molecule has 0 unspecified atom stereocenters. The van der Waals surface area contributed by atoms with Crippen molar-refractivity contribution in [3.8, 4) is 0 Å². The summed E-state index contributed by atoms with van der Waals surface area (Å²) in [6.07, 6.45) is 0. The van der Waals surface area contributed by atoms with E-state index in [0.717, 1.165) is 16.5 Å². The third-order valence-corrected chi connectivity index (χ3v) is 5.16. The summed E-state index contributed by atoms with van der Waals surface area (Å²) in [5.41, 5.74) is 1.24. The SMILES string of the molecule is CCN(C(=O)[C@@H](C)N(C)CC(=O)Nc1cccc(F)c1)c1cccc2ccccc12. The Morgan fingerprint density at radius 3 is 2.47 bits per heavy atom. The van der Waals surface area contributed by atoms with Crippen molar-refractivity contribution in [1.82, 2.24) is 4.90 Å². The fourth-order valence-electron chi connectivity index (χ4n) is 3.43. The third kappa shape index (κ3) is 4.83. The number of nitrogens with zero attached hydrogens (tertiary/aromatic N) is 2. The lowest BCUT2D eigenvalue weighted by Gasteiger charge is -2.30. The second-order valence-corrected chi connectivity index (χ2v) is 7.23. The topological polar surface area (TPSA) is 52.7 Å². The van der Waals surface area contributed by atoms with E-state index in [0.29, 0.717) is 12.2 Å². The molecule has 0 heterocycles. The van der Waals surface area contributed by atoms with E-state index in [-0.39, 0.29) is 18.4 Å². The first-order valence-electron chi connectivity index (χ1n) is 9.95. The zero-order chi connectivity index (χ0) is 21.7. The Balaban J connectivity index is 1.71. The first-order valence-corrected chi connectivity index (χ1v) is 9.95. The maximum atomic E-state index is 13.3. The molecule has 0 aliphatic carbocycles. The molecule has 1 N–H and O–H groups in total. The quantitative estimate of drug-likeness (QED) is 0.636. The van der Waals surface area contributed by atoms with Gasteiger partial charge in [0, 0.05) is 17.6 Å². The van der Waals surface area contributed by atoms with Crippen molar-refractivity contribution in [2.24, 2.45) is 0 Å². The van der Waals surface area contributed by atoms with Crippen LogP contribution in [0.3, 0.4) is 0 Å². The maximum absolute atomic E-state index is 13.3. The van der Waals surface area contributed by atoms with Crippen molar-refractivity contribution in [3.63, 3.8) is 0 Å². The van der Waals surface area contributed by atoms with Crippen LogP contribution in [-0.4, -0.2) is 42.9 Å². The van der Waals surface area contributed by atoms with Crippen molar-refractivity contribution >= 4 is 34.0 Å². The molecule has 5 nitrogen and oxygen atoms in total. The standard InChI is InChI=1S/C24H26FN3O2/c1-4-28(22-14-7-10-18-9-5-6-13-21(18)22)24(30)17(2)27(3)16-23(29)26-20-12-8-11-19(25)15-20/h5-15,17H,4,16H2,1-3H3,(H,26,29)/t17-/m1/s1. The van der Waals surface area contributed by atoms with Gasteiger partial charge in [-0.3, -0.25) is 14.5 Å². The minimum atomic E-state index is -0.512. The monoisotopic (exact) mass is 407 g/mol. The van der Waals surface area contributed by atoms with E-state index >= 15 is 0 Å². The summed E-state index contributed by atoms with van der Waals surface area (Å²) < 4.78 is 13.3. The zero-order valence-corrected chi connectivity index (χ0v) is 17.4. The van der Waals surface area contributed by atoms with Crippen LogP contribution >= 0.6 is 0 Å². The molecule has 0 aliphatic heterocycles. The van der Waals surface area contributed by atoms with Crippen LogP contribution in [0.5, 0.6) is 0 Å². The van der Waals surface area contributed by atoms with Gasteiger partial charge >= 0.3 is 0 Å². The van der Waals surface area contributed by atoms with E-state index in [1.807, 2.05) is 49.4 Å². The van der Waals surface area contributed by atoms with Crippen LogP contribution in [0.15, 0.2) is 66.7 Å². The van der Waals surface area contributed by atoms with Gasteiger partial charge in [-0.25, -0.2) is 4.39 Å². The van der Waals surface area contributed by atoms with Crippen molar-refractivity contribution < 1.29 is 14.0 Å². The number of benzene rings is 3. The van der Waals surface area contributed by atoms with Gasteiger partial charge in [-0.15, -0.1) is 0 Å². The molecule has 3 rings (SSSR count). The van der Waals surface area contributed by atoms with Crippen molar-refractivity contribution in [2.75, 3.05) is 30.4 Å². The molecule has 0 aromatic heterocycles. The molecule has 3 aromatic rings. The normalized spacial score (nSPS) is 12.0. The van der Waals surface area contributed by atoms with Gasteiger partial charge in [0.15, 0.2) is 0 Å². The highest BCUT2D eigenvalue weighted by Crippen LogP contribution is 2.27. The van der Waals surface area contributed by atoms with Gasteiger partial charge in [-0.2, -0.15) is 0 Å². The van der Waals surface area contributed by atoms with Gasteiger partial charge in [0.1, 0.15) is 5.82 Å². The highest BCUT2D eigenvalue weighted by Gasteiger charge is 2.26. The second kappa shape index (κ2) is 9.50. The number of amides is 2. The number of halogens is 1. The van der Waals surface area contributed by atoms with Gasteiger partial charge in [0.2, 0.25) is 11.8 Å². The lowest BCUT2D eigenvalue weighted by atomic mass is 10.1. The largest absolute Gasteiger partial charge is 0.325 e. The van der Waals surface area contributed by atoms with E-state index in [2.05, 4.69) is 5.32 Å². The molecule has 0 saturated heterocycles. The second-order valence-electron chi connectivity index (χ2n) is 7.23. The van der Waals surface area contributed by atoms with Gasteiger partial charge in [0.25, 0.3) is 0 Å². The Bertz CT molecular complexity index is 1050. The Morgan fingerprint density at radius 1 is 1.03 bits per heavy atom. The van der Waals surface area contributed by atoms with E-state index in [1.54, 1.807) is 29.8 Å². The molecule has 30 heavy (non-hydrogen) atoms. The molecular weight excluding hydrogens is 381 g/mol. The molecule has 0 fully saturated rings. The minimum absolute atomic E-state index is 0.0104. The average molecular weight is 407 g/mol. The molecule has 156 valence electrons. The van der Waals surface area contributed by atoms with Gasteiger partial charge < -0.3 is 10.2 Å². The Labute approximate surface area is 176 Å². The summed E-state index contributed by atoms with van der Waals surface area (Å²) in [5.74, 6) is -0.816. The van der Waals surface area contributed by atoms with Gasteiger partial charge in [-0.05, 0) is 50.5 Å². The number of carbonyl (C=O) groups is 2. The summed E-state index contributed by atoms with van der Waals surface area (Å²) in [5, 5.41) is 4.74. The third-order valence-electron chi connectivity index (χ3n) is 5.16. The van der Waals surface area contributed by atoms with Crippen molar-refractivity contribution in [1.29, 1.82) is 0 Å². The first kappa shape index (κ1) is 21.5. The maximum Gasteiger partial charge on any atom is 0.244 e. The van der Waals surface area contributed by atoms with Crippen LogP contribution in [0.4, 0.5) is 15.8 Å².